The molecule has 0 saturated carbocycles. The second-order valence-corrected chi connectivity index (χ2v) is 3.71. The third-order valence-electron chi connectivity index (χ3n) is 2.31. The second-order valence-electron chi connectivity index (χ2n) is 3.71. The lowest BCUT2D eigenvalue weighted by Gasteiger charge is -2.09. The van der Waals surface area contributed by atoms with Gasteiger partial charge in [-0.3, -0.25) is 4.68 Å². The zero-order valence-electron chi connectivity index (χ0n) is 9.97. The molecule has 17 heavy (non-hydrogen) atoms. The van der Waals surface area contributed by atoms with Crippen LogP contribution in [-0.4, -0.2) is 16.4 Å². The molecule has 5 nitrogen and oxygen atoms in total. The van der Waals surface area contributed by atoms with Crippen LogP contribution in [0, 0.1) is 0 Å². The van der Waals surface area contributed by atoms with Crippen LogP contribution in [-0.2, 0) is 7.05 Å². The summed E-state index contributed by atoms with van der Waals surface area (Å²) in [5.41, 5.74) is 8.30. The molecule has 3 N–H and O–H groups in total. The maximum Gasteiger partial charge on any atom is 0.144 e. The molecule has 2 rings (SSSR count). The van der Waals surface area contributed by atoms with Crippen LogP contribution in [0.2, 0.25) is 0 Å². The van der Waals surface area contributed by atoms with E-state index in [1.165, 1.54) is 0 Å². The molecule has 0 spiro atoms. The van der Waals surface area contributed by atoms with Crippen molar-refractivity contribution in [1.82, 2.24) is 9.78 Å². The van der Waals surface area contributed by atoms with Gasteiger partial charge in [-0.05, 0) is 19.1 Å². The van der Waals surface area contributed by atoms with Gasteiger partial charge in [-0.15, -0.1) is 0 Å². The highest BCUT2D eigenvalue weighted by Gasteiger charge is 2.03. The maximum atomic E-state index is 5.80. The number of ether oxygens (including phenoxy) is 1. The Hall–Kier alpha value is -2.17. The Morgan fingerprint density at radius 2 is 2.24 bits per heavy atom. The smallest absolute Gasteiger partial charge is 0.144 e. The molecule has 1 aromatic heterocycles. The monoisotopic (exact) mass is 232 g/mol. The van der Waals surface area contributed by atoms with E-state index in [0.29, 0.717) is 18.0 Å². The van der Waals surface area contributed by atoms with E-state index in [-0.39, 0.29) is 0 Å². The van der Waals surface area contributed by atoms with Gasteiger partial charge in [0, 0.05) is 25.0 Å². The topological polar surface area (TPSA) is 65.1 Å². The highest BCUT2D eigenvalue weighted by atomic mass is 16.5. The zero-order valence-corrected chi connectivity index (χ0v) is 9.97. The maximum absolute atomic E-state index is 5.80. The summed E-state index contributed by atoms with van der Waals surface area (Å²) in [6.45, 7) is 2.53. The average Bonchev–Trinajstić information content (AvgIpc) is 2.69. The largest absolute Gasteiger partial charge is 0.492 e. The summed E-state index contributed by atoms with van der Waals surface area (Å²) in [5.74, 6) is 0.696. The van der Waals surface area contributed by atoms with E-state index in [9.17, 15) is 0 Å². The Kier molecular flexibility index (Phi) is 3.18. The first-order valence-corrected chi connectivity index (χ1v) is 5.47. The van der Waals surface area contributed by atoms with E-state index >= 15 is 0 Å². The standard InChI is InChI=1S/C12H16N4O/c1-3-17-12-6-9(4-5-11(12)13)15-10-7-14-16(2)8-10/h4-8,15H,3,13H2,1-2H3. The SMILES string of the molecule is CCOc1cc(Nc2cnn(C)c2)ccc1N. The number of nitrogens with two attached hydrogens (primary N) is 1. The molecule has 0 radical (unpaired) electrons. The summed E-state index contributed by atoms with van der Waals surface area (Å²) in [5, 5.41) is 7.32. The molecule has 5 heteroatoms. The van der Waals surface area contributed by atoms with Gasteiger partial charge in [0.1, 0.15) is 5.75 Å². The average molecular weight is 232 g/mol. The van der Waals surface area contributed by atoms with Crippen molar-refractivity contribution in [3.05, 3.63) is 30.6 Å². The molecule has 90 valence electrons. The lowest BCUT2D eigenvalue weighted by atomic mass is 10.2. The summed E-state index contributed by atoms with van der Waals surface area (Å²) in [4.78, 5) is 0. The first-order valence-electron chi connectivity index (χ1n) is 5.47. The number of hydrogen-bond acceptors (Lipinski definition) is 4. The summed E-state index contributed by atoms with van der Waals surface area (Å²) in [6, 6.07) is 5.61. The molecule has 0 amide bonds. The minimum atomic E-state index is 0.598. The molecular weight excluding hydrogens is 216 g/mol. The molecular formula is C12H16N4O. The highest BCUT2D eigenvalue weighted by Crippen LogP contribution is 2.27. The van der Waals surface area contributed by atoms with Crippen molar-refractivity contribution in [3.63, 3.8) is 0 Å². The normalized spacial score (nSPS) is 10.2. The predicted octanol–water partition coefficient (Wildman–Crippen LogP) is 2.14. The van der Waals surface area contributed by atoms with Crippen molar-refractivity contribution >= 4 is 17.1 Å². The second kappa shape index (κ2) is 4.78. The number of benzene rings is 1. The van der Waals surface area contributed by atoms with Crippen LogP contribution in [0.4, 0.5) is 17.1 Å². The van der Waals surface area contributed by atoms with Crippen LogP contribution in [0.15, 0.2) is 30.6 Å². The lowest BCUT2D eigenvalue weighted by molar-refractivity contribution is 0.342. The minimum absolute atomic E-state index is 0.598. The van der Waals surface area contributed by atoms with Crippen LogP contribution in [0.25, 0.3) is 0 Å². The molecule has 1 aromatic carbocycles. The quantitative estimate of drug-likeness (QED) is 0.793. The van der Waals surface area contributed by atoms with Crippen LogP contribution in [0.3, 0.4) is 0 Å². The van der Waals surface area contributed by atoms with Crippen molar-refractivity contribution in [1.29, 1.82) is 0 Å². The van der Waals surface area contributed by atoms with Crippen LogP contribution in [0.1, 0.15) is 6.92 Å². The number of nitrogens with one attached hydrogen (secondary N) is 1. The van der Waals surface area contributed by atoms with E-state index in [1.54, 1.807) is 10.9 Å². The number of rotatable bonds is 4. The van der Waals surface area contributed by atoms with E-state index in [2.05, 4.69) is 10.4 Å². The number of aryl methyl sites for hydroxylation is 1. The molecule has 2 aromatic rings. The summed E-state index contributed by atoms with van der Waals surface area (Å²) >= 11 is 0. The third-order valence-corrected chi connectivity index (χ3v) is 2.31. The molecule has 0 aliphatic rings. The van der Waals surface area contributed by atoms with Gasteiger partial charge >= 0.3 is 0 Å². The van der Waals surface area contributed by atoms with Gasteiger partial charge in [0.2, 0.25) is 0 Å². The molecule has 1 heterocycles. The van der Waals surface area contributed by atoms with Crippen molar-refractivity contribution < 1.29 is 4.74 Å². The molecule has 0 fully saturated rings. The van der Waals surface area contributed by atoms with Gasteiger partial charge in [0.25, 0.3) is 0 Å². The Balaban J connectivity index is 2.18. The van der Waals surface area contributed by atoms with E-state index < -0.39 is 0 Å². The van der Waals surface area contributed by atoms with Crippen LogP contribution >= 0.6 is 0 Å². The first kappa shape index (κ1) is 11.3. The third kappa shape index (κ3) is 2.69. The number of nitrogens with zero attached hydrogens (tertiary/aromatic N) is 2. The van der Waals surface area contributed by atoms with E-state index in [1.807, 2.05) is 38.4 Å². The molecule has 0 atom stereocenters. The van der Waals surface area contributed by atoms with Gasteiger partial charge in [-0.25, -0.2) is 0 Å². The number of nitrogen functional groups attached to an aromatic ring is 1. The minimum Gasteiger partial charge on any atom is -0.492 e. The number of anilines is 3. The summed E-state index contributed by atoms with van der Waals surface area (Å²) < 4.78 is 7.17. The Labute approximate surface area is 100 Å². The highest BCUT2D eigenvalue weighted by molar-refractivity contribution is 5.66. The van der Waals surface area contributed by atoms with E-state index in [4.69, 9.17) is 10.5 Å². The van der Waals surface area contributed by atoms with Gasteiger partial charge < -0.3 is 15.8 Å². The van der Waals surface area contributed by atoms with Gasteiger partial charge in [0.15, 0.2) is 0 Å². The van der Waals surface area contributed by atoms with Crippen LogP contribution in [0.5, 0.6) is 5.75 Å². The van der Waals surface area contributed by atoms with Gasteiger partial charge in [0.05, 0.1) is 24.2 Å². The molecule has 0 saturated heterocycles. The van der Waals surface area contributed by atoms with Crippen molar-refractivity contribution in [3.8, 4) is 5.75 Å². The zero-order chi connectivity index (χ0) is 12.3. The number of aromatic nitrogens is 2. The molecule has 0 unspecified atom stereocenters. The fourth-order valence-corrected chi connectivity index (χ4v) is 1.55. The summed E-state index contributed by atoms with van der Waals surface area (Å²) in [7, 11) is 1.87. The van der Waals surface area contributed by atoms with Gasteiger partial charge in [-0.2, -0.15) is 5.10 Å². The Morgan fingerprint density at radius 1 is 1.41 bits per heavy atom. The predicted molar refractivity (Wildman–Crippen MR) is 68.5 cm³/mol. The number of hydrogen-bond donors (Lipinski definition) is 2. The molecule has 0 aliphatic heterocycles. The fourth-order valence-electron chi connectivity index (χ4n) is 1.55. The molecule has 0 aliphatic carbocycles. The Bertz CT molecular complexity index is 507. The van der Waals surface area contributed by atoms with Crippen molar-refractivity contribution in [2.75, 3.05) is 17.7 Å². The lowest BCUT2D eigenvalue weighted by Crippen LogP contribution is -1.98. The van der Waals surface area contributed by atoms with E-state index in [0.717, 1.165) is 11.4 Å². The fraction of sp³-hybridized carbons (Fsp3) is 0.250. The Morgan fingerprint density at radius 3 is 2.88 bits per heavy atom. The summed E-state index contributed by atoms with van der Waals surface area (Å²) in [6.07, 6.45) is 3.66. The van der Waals surface area contributed by atoms with Crippen molar-refractivity contribution in [2.24, 2.45) is 7.05 Å². The van der Waals surface area contributed by atoms with Crippen LogP contribution < -0.4 is 15.8 Å². The van der Waals surface area contributed by atoms with Gasteiger partial charge in [-0.1, -0.05) is 0 Å². The first-order chi connectivity index (χ1) is 8.19. The molecule has 0 bridgehead atoms. The van der Waals surface area contributed by atoms with Crippen molar-refractivity contribution in [2.45, 2.75) is 6.92 Å².